The largest absolute Gasteiger partial charge is 0.497 e. The van der Waals surface area contributed by atoms with E-state index in [2.05, 4.69) is 10.2 Å². The number of hydrogen-bond donors (Lipinski definition) is 1. The van der Waals surface area contributed by atoms with Crippen LogP contribution < -0.4 is 35.3 Å². The van der Waals surface area contributed by atoms with Gasteiger partial charge >= 0.3 is 0 Å². The highest BCUT2D eigenvalue weighted by molar-refractivity contribution is 5.84. The maximum absolute atomic E-state index is 13.1. The van der Waals surface area contributed by atoms with E-state index in [0.29, 0.717) is 41.7 Å². The van der Waals surface area contributed by atoms with Gasteiger partial charge in [0.1, 0.15) is 40.5 Å². The summed E-state index contributed by atoms with van der Waals surface area (Å²) >= 11 is 0. The molecule has 0 aliphatic carbocycles. The van der Waals surface area contributed by atoms with Crippen LogP contribution in [0.3, 0.4) is 0 Å². The number of methoxy groups -OCH3 is 2. The van der Waals surface area contributed by atoms with Crippen LogP contribution in [0.2, 0.25) is 0 Å². The molecule has 1 fully saturated rings. The van der Waals surface area contributed by atoms with Crippen LogP contribution in [0.4, 0.5) is 21.5 Å². The minimum absolute atomic E-state index is 0.101. The molecule has 3 aromatic carbocycles. The molecule has 9 heteroatoms. The van der Waals surface area contributed by atoms with Gasteiger partial charge in [-0.05, 0) is 43.5 Å². The average molecular weight is 496 g/mol. The van der Waals surface area contributed by atoms with Gasteiger partial charge in [0, 0.05) is 50.4 Å². The third-order valence-corrected chi connectivity index (χ3v) is 7.03. The van der Waals surface area contributed by atoms with Crippen molar-refractivity contribution < 1.29 is 18.6 Å². The summed E-state index contributed by atoms with van der Waals surface area (Å²) in [6.45, 7) is 3.64. The second-order valence-electron chi connectivity index (χ2n) is 9.15. The molecule has 2 aliphatic rings. The third kappa shape index (κ3) is 4.63. The lowest BCUT2D eigenvalue weighted by molar-refractivity contribution is 0.103. The lowest BCUT2D eigenvalue weighted by Gasteiger charge is -2.32. The summed E-state index contributed by atoms with van der Waals surface area (Å²) in [5.41, 5.74) is 1.70. The van der Waals surface area contributed by atoms with Crippen molar-refractivity contribution in [3.63, 3.8) is 0 Å². The molecule has 36 heavy (non-hydrogen) atoms. The van der Waals surface area contributed by atoms with Gasteiger partial charge in [0.15, 0.2) is 0 Å². The number of likely N-dealkylation sites (tertiary alicyclic amines) is 1. The molecule has 190 valence electrons. The second kappa shape index (κ2) is 10.2. The SMILES string of the molecule is COc1cc(OC)c2c(c1)N(c1c(NCCN3CCC(Oc4ccc(F)cc4)CC3)c(=O)c1=O)CC2. The first kappa shape index (κ1) is 24.1. The zero-order valence-electron chi connectivity index (χ0n) is 20.5. The molecule has 1 saturated heterocycles. The van der Waals surface area contributed by atoms with Gasteiger partial charge in [0.25, 0.3) is 10.9 Å². The van der Waals surface area contributed by atoms with Gasteiger partial charge in [-0.15, -0.1) is 0 Å². The molecule has 0 radical (unpaired) electrons. The summed E-state index contributed by atoms with van der Waals surface area (Å²) in [5.74, 6) is 1.76. The lowest BCUT2D eigenvalue weighted by atomic mass is 10.1. The Morgan fingerprint density at radius 2 is 1.72 bits per heavy atom. The Kier molecular flexibility index (Phi) is 6.82. The number of fused-ring (bicyclic) bond motifs is 1. The van der Waals surface area contributed by atoms with Crippen LogP contribution in [-0.2, 0) is 6.42 Å². The number of nitrogens with zero attached hydrogens (tertiary/aromatic N) is 2. The fraction of sp³-hybridized carbons (Fsp3) is 0.407. The summed E-state index contributed by atoms with van der Waals surface area (Å²) in [6.07, 6.45) is 2.56. The van der Waals surface area contributed by atoms with Crippen LogP contribution in [-0.4, -0.2) is 57.9 Å². The highest BCUT2D eigenvalue weighted by Crippen LogP contribution is 2.43. The van der Waals surface area contributed by atoms with Gasteiger partial charge in [0.2, 0.25) is 0 Å². The molecular weight excluding hydrogens is 465 g/mol. The molecule has 0 amide bonds. The Morgan fingerprint density at radius 1 is 0.972 bits per heavy atom. The van der Waals surface area contributed by atoms with Crippen molar-refractivity contribution in [2.75, 3.05) is 57.2 Å². The first-order valence-corrected chi connectivity index (χ1v) is 12.2. The van der Waals surface area contributed by atoms with Crippen LogP contribution in [0.1, 0.15) is 18.4 Å². The zero-order chi connectivity index (χ0) is 25.2. The van der Waals surface area contributed by atoms with Crippen molar-refractivity contribution in [3.8, 4) is 17.2 Å². The van der Waals surface area contributed by atoms with Crippen LogP contribution in [0, 0.1) is 5.82 Å². The quantitative estimate of drug-likeness (QED) is 0.454. The summed E-state index contributed by atoms with van der Waals surface area (Å²) in [4.78, 5) is 29.2. The maximum atomic E-state index is 13.1. The summed E-state index contributed by atoms with van der Waals surface area (Å²) in [7, 11) is 3.20. The van der Waals surface area contributed by atoms with Crippen LogP contribution in [0.15, 0.2) is 46.0 Å². The molecule has 3 aromatic rings. The molecule has 0 aromatic heterocycles. The molecule has 0 saturated carbocycles. The molecule has 0 spiro atoms. The van der Waals surface area contributed by atoms with Gasteiger partial charge < -0.3 is 29.3 Å². The Bertz CT molecular complexity index is 1290. The van der Waals surface area contributed by atoms with Gasteiger partial charge in [-0.25, -0.2) is 4.39 Å². The standard InChI is InChI=1S/C27H30FN3O5/c1-34-20-15-22-21(23(16-20)35-2)9-13-31(22)25-24(26(32)27(25)33)29-10-14-30-11-7-19(8-12-30)36-18-5-3-17(28)4-6-18/h3-6,15-16,19,29H,7-14H2,1-2H3. The Morgan fingerprint density at radius 3 is 2.42 bits per heavy atom. The summed E-state index contributed by atoms with van der Waals surface area (Å²) < 4.78 is 30.0. The molecular formula is C27H30FN3O5. The average Bonchev–Trinajstić information content (AvgIpc) is 3.32. The third-order valence-electron chi connectivity index (χ3n) is 7.03. The van der Waals surface area contributed by atoms with E-state index in [0.717, 1.165) is 50.1 Å². The first-order chi connectivity index (χ1) is 17.5. The van der Waals surface area contributed by atoms with Crippen molar-refractivity contribution in [1.29, 1.82) is 0 Å². The molecule has 2 heterocycles. The second-order valence-corrected chi connectivity index (χ2v) is 9.15. The van der Waals surface area contributed by atoms with Crippen LogP contribution >= 0.6 is 0 Å². The van der Waals surface area contributed by atoms with Crippen molar-refractivity contribution >= 4 is 17.1 Å². The predicted molar refractivity (Wildman–Crippen MR) is 137 cm³/mol. The van der Waals surface area contributed by atoms with Gasteiger partial charge in [-0.2, -0.15) is 0 Å². The highest BCUT2D eigenvalue weighted by Gasteiger charge is 2.33. The molecule has 5 rings (SSSR count). The number of rotatable bonds is 9. The normalized spacial score (nSPS) is 16.2. The number of hydrogen-bond acceptors (Lipinski definition) is 8. The molecule has 0 atom stereocenters. The smallest absolute Gasteiger partial charge is 0.253 e. The topological polar surface area (TPSA) is 80.3 Å². The van der Waals surface area contributed by atoms with E-state index in [4.69, 9.17) is 14.2 Å². The molecule has 1 N–H and O–H groups in total. The minimum atomic E-state index is -0.472. The van der Waals surface area contributed by atoms with E-state index >= 15 is 0 Å². The monoisotopic (exact) mass is 495 g/mol. The Hall–Kier alpha value is -3.59. The number of anilines is 3. The van der Waals surface area contributed by atoms with E-state index in [1.165, 1.54) is 12.1 Å². The van der Waals surface area contributed by atoms with Gasteiger partial charge in [-0.3, -0.25) is 9.59 Å². The van der Waals surface area contributed by atoms with Crippen molar-refractivity contribution in [3.05, 3.63) is 68.2 Å². The number of benzene rings is 2. The predicted octanol–water partition coefficient (Wildman–Crippen LogP) is 3.09. The van der Waals surface area contributed by atoms with E-state index in [-0.39, 0.29) is 11.9 Å². The Balaban J connectivity index is 1.18. The molecule has 2 aliphatic heterocycles. The molecule has 0 bridgehead atoms. The van der Waals surface area contributed by atoms with Crippen molar-refractivity contribution in [2.24, 2.45) is 0 Å². The number of ether oxygens (including phenoxy) is 3. The lowest BCUT2D eigenvalue weighted by Crippen LogP contribution is -2.43. The zero-order valence-corrected chi connectivity index (χ0v) is 20.5. The molecule has 8 nitrogen and oxygen atoms in total. The number of nitrogens with one attached hydrogen (secondary N) is 1. The summed E-state index contributed by atoms with van der Waals surface area (Å²) in [6, 6.07) is 9.82. The van der Waals surface area contributed by atoms with Crippen LogP contribution in [0.5, 0.6) is 17.2 Å². The van der Waals surface area contributed by atoms with E-state index in [9.17, 15) is 14.0 Å². The van der Waals surface area contributed by atoms with E-state index in [1.54, 1.807) is 26.4 Å². The van der Waals surface area contributed by atoms with Gasteiger partial charge in [-0.1, -0.05) is 0 Å². The maximum Gasteiger partial charge on any atom is 0.253 e. The Labute approximate surface area is 208 Å². The van der Waals surface area contributed by atoms with Crippen molar-refractivity contribution in [1.82, 2.24) is 4.90 Å². The first-order valence-electron chi connectivity index (χ1n) is 12.2. The van der Waals surface area contributed by atoms with Gasteiger partial charge in [0.05, 0.1) is 19.9 Å². The van der Waals surface area contributed by atoms with Crippen molar-refractivity contribution in [2.45, 2.75) is 25.4 Å². The van der Waals surface area contributed by atoms with E-state index in [1.807, 2.05) is 17.0 Å². The van der Waals surface area contributed by atoms with E-state index < -0.39 is 10.9 Å². The highest BCUT2D eigenvalue weighted by atomic mass is 19.1. The fourth-order valence-electron chi connectivity index (χ4n) is 5.07. The van der Waals surface area contributed by atoms with Crippen LogP contribution in [0.25, 0.3) is 0 Å². The molecule has 0 unspecified atom stereocenters. The minimum Gasteiger partial charge on any atom is -0.497 e. The number of halogens is 1. The fourth-order valence-corrected chi connectivity index (χ4v) is 5.07. The number of piperidine rings is 1. The summed E-state index contributed by atoms with van der Waals surface area (Å²) in [5, 5.41) is 3.21.